The first-order chi connectivity index (χ1) is 19.2. The van der Waals surface area contributed by atoms with E-state index in [0.29, 0.717) is 28.8 Å². The lowest BCUT2D eigenvalue weighted by molar-refractivity contribution is 0.0941. The maximum absolute atomic E-state index is 14.1. The Morgan fingerprint density at radius 2 is 1.90 bits per heavy atom. The Morgan fingerprint density at radius 3 is 2.62 bits per heavy atom. The van der Waals surface area contributed by atoms with E-state index in [2.05, 4.69) is 26.0 Å². The summed E-state index contributed by atoms with van der Waals surface area (Å²) in [6.45, 7) is 1.77. The van der Waals surface area contributed by atoms with Gasteiger partial charge in [0, 0.05) is 23.6 Å². The molecule has 1 aliphatic carbocycles. The van der Waals surface area contributed by atoms with Crippen molar-refractivity contribution in [2.45, 2.75) is 25.8 Å². The summed E-state index contributed by atoms with van der Waals surface area (Å²) in [5.41, 5.74) is 3.41. The van der Waals surface area contributed by atoms with Crippen molar-refractivity contribution in [1.82, 2.24) is 24.5 Å². The minimum atomic E-state index is -4.24. The van der Waals surface area contributed by atoms with Crippen LogP contribution in [0, 0.1) is 12.3 Å². The van der Waals surface area contributed by atoms with E-state index in [1.54, 1.807) is 23.6 Å². The second-order valence-electron chi connectivity index (χ2n) is 9.46. The van der Waals surface area contributed by atoms with Crippen LogP contribution in [0.25, 0.3) is 22.1 Å². The smallest absolute Gasteiger partial charge is 0.297 e. The molecule has 0 radical (unpaired) electrons. The summed E-state index contributed by atoms with van der Waals surface area (Å²) < 4.78 is 28.6. The van der Waals surface area contributed by atoms with Crippen molar-refractivity contribution in [1.29, 1.82) is 0 Å². The number of amides is 1. The summed E-state index contributed by atoms with van der Waals surface area (Å²) in [5.74, 6) is 1.73. The van der Waals surface area contributed by atoms with E-state index in [1.807, 2.05) is 36.4 Å². The van der Waals surface area contributed by atoms with Crippen LogP contribution < -0.4 is 20.7 Å². The van der Waals surface area contributed by atoms with Crippen molar-refractivity contribution in [3.05, 3.63) is 99.2 Å². The zero-order valence-corrected chi connectivity index (χ0v) is 22.1. The molecule has 0 unspecified atom stereocenters. The van der Waals surface area contributed by atoms with Crippen LogP contribution in [0.1, 0.15) is 45.7 Å². The van der Waals surface area contributed by atoms with Gasteiger partial charge in [-0.15, -0.1) is 11.5 Å². The van der Waals surface area contributed by atoms with Gasteiger partial charge >= 0.3 is 0 Å². The monoisotopic (exact) mass is 553 g/mol. The lowest BCUT2D eigenvalue weighted by Crippen LogP contribution is -2.34. The minimum absolute atomic E-state index is 0.109. The first-order valence-electron chi connectivity index (χ1n) is 12.4. The number of carbonyl (C=O) groups excluding carboxylic acids is 1. The molecule has 3 heterocycles. The van der Waals surface area contributed by atoms with Crippen LogP contribution in [0.2, 0.25) is 0 Å². The second kappa shape index (κ2) is 9.33. The number of aromatic nitrogens is 4. The number of rotatable bonds is 6. The lowest BCUT2D eigenvalue weighted by Gasteiger charge is -2.24. The van der Waals surface area contributed by atoms with Crippen molar-refractivity contribution >= 4 is 38.4 Å². The van der Waals surface area contributed by atoms with Gasteiger partial charge in [-0.2, -0.15) is 8.42 Å². The van der Waals surface area contributed by atoms with Crippen molar-refractivity contribution in [2.24, 2.45) is 5.14 Å². The van der Waals surface area contributed by atoms with Gasteiger partial charge in [0.15, 0.2) is 11.5 Å². The molecule has 0 aliphatic heterocycles. The quantitative estimate of drug-likeness (QED) is 0.274. The second-order valence-corrected chi connectivity index (χ2v) is 10.8. The molecule has 0 fully saturated rings. The van der Waals surface area contributed by atoms with Crippen molar-refractivity contribution in [3.63, 3.8) is 0 Å². The van der Waals surface area contributed by atoms with E-state index < -0.39 is 22.2 Å². The summed E-state index contributed by atoms with van der Waals surface area (Å²) in [6, 6.07) is 13.8. The normalized spacial score (nSPS) is 13.3. The maximum Gasteiger partial charge on any atom is 0.297 e. The molecule has 12 heteroatoms. The molecule has 0 spiro atoms. The fraction of sp³-hybridized carbons (Fsp3) is 0.143. The molecule has 4 N–H and O–H groups in total. The average molecular weight is 554 g/mol. The molecular formula is C28H23N7O4S. The first-order valence-corrected chi connectivity index (χ1v) is 13.9. The summed E-state index contributed by atoms with van der Waals surface area (Å²) >= 11 is 0. The van der Waals surface area contributed by atoms with Crippen LogP contribution >= 0.6 is 0 Å². The Labute approximate surface area is 228 Å². The third kappa shape index (κ3) is 4.08. The number of carbonyl (C=O) groups is 1. The summed E-state index contributed by atoms with van der Waals surface area (Å²) in [7, 11) is -4.24. The SMILES string of the molecule is C#Cc1ccc2c3c(c([C@H](C)NC(=O)c4c(NS(N)(=O)=O)nn5cccnc45)n(-c4ccccc4)c(=O)c13)CC2. The highest BCUT2D eigenvalue weighted by atomic mass is 32.2. The number of hydrogen-bond acceptors (Lipinski definition) is 6. The predicted octanol–water partition coefficient (Wildman–Crippen LogP) is 2.22. The molecule has 2 aromatic carbocycles. The molecule has 0 saturated heterocycles. The van der Waals surface area contributed by atoms with Gasteiger partial charge in [-0.3, -0.25) is 18.9 Å². The summed E-state index contributed by atoms with van der Waals surface area (Å²) in [6.07, 6.45) is 10.1. The number of hydrogen-bond donors (Lipinski definition) is 3. The number of benzene rings is 2. The predicted molar refractivity (Wildman–Crippen MR) is 150 cm³/mol. The first kappa shape index (κ1) is 25.3. The molecule has 5 aromatic rings. The average Bonchev–Trinajstić information content (AvgIpc) is 3.51. The van der Waals surface area contributed by atoms with Gasteiger partial charge in [0.2, 0.25) is 0 Å². The number of nitrogens with zero attached hydrogens (tertiary/aromatic N) is 4. The van der Waals surface area contributed by atoms with Gasteiger partial charge in [-0.25, -0.2) is 14.6 Å². The minimum Gasteiger partial charge on any atom is -0.344 e. The Morgan fingerprint density at radius 1 is 1.12 bits per heavy atom. The Bertz CT molecular complexity index is 2060. The van der Waals surface area contributed by atoms with Gasteiger partial charge in [-0.1, -0.05) is 30.2 Å². The number of fused-ring (bicyclic) bond motifs is 1. The zero-order chi connectivity index (χ0) is 28.2. The number of pyridine rings is 1. The Hall–Kier alpha value is -4.99. The topological polar surface area (TPSA) is 153 Å². The number of anilines is 1. The molecule has 6 rings (SSSR count). The van der Waals surface area contributed by atoms with Gasteiger partial charge in [-0.05, 0) is 60.5 Å². The van der Waals surface area contributed by atoms with E-state index in [0.717, 1.165) is 22.9 Å². The van der Waals surface area contributed by atoms with E-state index in [-0.39, 0.29) is 22.6 Å². The molecule has 11 nitrogen and oxygen atoms in total. The number of aryl methyl sites for hydroxylation is 2. The Kier molecular flexibility index (Phi) is 5.90. The molecule has 1 aliphatic rings. The molecule has 3 aromatic heterocycles. The molecule has 0 saturated carbocycles. The molecule has 1 amide bonds. The number of nitrogens with two attached hydrogens (primary N) is 1. The van der Waals surface area contributed by atoms with Crippen molar-refractivity contribution in [3.8, 4) is 18.0 Å². The van der Waals surface area contributed by atoms with E-state index in [9.17, 15) is 18.0 Å². The highest BCUT2D eigenvalue weighted by molar-refractivity contribution is 7.90. The fourth-order valence-electron chi connectivity index (χ4n) is 5.47. The molecular weight excluding hydrogens is 530 g/mol. The van der Waals surface area contributed by atoms with Crippen molar-refractivity contribution in [2.75, 3.05) is 4.72 Å². The van der Waals surface area contributed by atoms with Crippen LogP contribution in [0.4, 0.5) is 5.82 Å². The van der Waals surface area contributed by atoms with Crippen LogP contribution in [0.5, 0.6) is 0 Å². The largest absolute Gasteiger partial charge is 0.344 e. The molecule has 0 bridgehead atoms. The fourth-order valence-corrected chi connectivity index (χ4v) is 5.88. The summed E-state index contributed by atoms with van der Waals surface area (Å²) in [5, 5.41) is 13.5. The van der Waals surface area contributed by atoms with Crippen molar-refractivity contribution < 1.29 is 13.2 Å². The van der Waals surface area contributed by atoms with E-state index >= 15 is 0 Å². The van der Waals surface area contributed by atoms with Gasteiger partial charge in [0.25, 0.3) is 21.7 Å². The number of nitrogens with one attached hydrogen (secondary N) is 2. The molecule has 200 valence electrons. The number of terminal acetylenes is 1. The summed E-state index contributed by atoms with van der Waals surface area (Å²) in [4.78, 5) is 32.0. The van der Waals surface area contributed by atoms with Crippen LogP contribution in [0.3, 0.4) is 0 Å². The highest BCUT2D eigenvalue weighted by Gasteiger charge is 2.30. The highest BCUT2D eigenvalue weighted by Crippen LogP contribution is 2.36. The van der Waals surface area contributed by atoms with Gasteiger partial charge in [0.05, 0.1) is 17.1 Å². The zero-order valence-electron chi connectivity index (χ0n) is 21.2. The lowest BCUT2D eigenvalue weighted by atomic mass is 9.97. The third-order valence-electron chi connectivity index (χ3n) is 6.99. The van der Waals surface area contributed by atoms with Gasteiger partial charge < -0.3 is 5.32 Å². The van der Waals surface area contributed by atoms with Crippen LogP contribution in [-0.4, -0.2) is 33.5 Å². The molecule has 1 atom stereocenters. The van der Waals surface area contributed by atoms with Crippen LogP contribution in [-0.2, 0) is 23.1 Å². The van der Waals surface area contributed by atoms with Crippen LogP contribution in [0.15, 0.2) is 65.7 Å². The Balaban J connectivity index is 1.54. The van der Waals surface area contributed by atoms with E-state index in [1.165, 1.54) is 16.9 Å². The van der Waals surface area contributed by atoms with E-state index in [4.69, 9.17) is 11.6 Å². The number of para-hydroxylation sites is 1. The standard InChI is InChI=1S/C28H23N7O4S/c1-3-17-10-11-18-12-13-20-21(18)22(17)28(37)35(19-8-5-4-6-9-19)24(20)16(2)31-27(36)23-25(33-40(29,38)39)32-34-15-7-14-30-26(23)34/h1,4-11,14-16H,12-13H2,2H3,(H,31,36)(H,32,33)(H2,29,38,39)/t16-/m0/s1. The molecule has 40 heavy (non-hydrogen) atoms. The van der Waals surface area contributed by atoms with Gasteiger partial charge in [0.1, 0.15) is 5.56 Å². The third-order valence-corrected chi connectivity index (χ3v) is 7.47. The maximum atomic E-state index is 14.1.